The number of benzene rings is 1. The Kier molecular flexibility index (Phi) is 7.42. The number of nitrogens with one attached hydrogen (secondary N) is 3. The molecule has 0 bridgehead atoms. The predicted octanol–water partition coefficient (Wildman–Crippen LogP) is 4.83. The van der Waals surface area contributed by atoms with Crippen LogP contribution in [0.25, 0.3) is 0 Å². The molecule has 0 saturated carbocycles. The number of alkyl halides is 2. The van der Waals surface area contributed by atoms with Gasteiger partial charge < -0.3 is 10.6 Å². The molecule has 1 fully saturated rings. The number of carbonyl (C=O) groups is 1. The minimum Gasteiger partial charge on any atom is -0.382 e. The van der Waals surface area contributed by atoms with Gasteiger partial charge in [-0.1, -0.05) is 25.6 Å². The molecule has 2 unspecified atom stereocenters. The van der Waals surface area contributed by atoms with E-state index in [1.54, 1.807) is 6.92 Å². The number of halogens is 2. The predicted molar refractivity (Wildman–Crippen MR) is 114 cm³/mol. The number of aryl methyl sites for hydroxylation is 1. The zero-order valence-electron chi connectivity index (χ0n) is 17.3. The van der Waals surface area contributed by atoms with Crippen LogP contribution in [-0.4, -0.2) is 29.9 Å². The molecule has 1 aromatic carbocycles. The third-order valence-electron chi connectivity index (χ3n) is 5.05. The van der Waals surface area contributed by atoms with Crippen LogP contribution in [0.5, 0.6) is 0 Å². The molecule has 2 atom stereocenters. The minimum absolute atomic E-state index is 0.0346. The summed E-state index contributed by atoms with van der Waals surface area (Å²) in [5.74, 6) is -1.81. The number of allylic oxidation sites excluding steroid dienone is 1. The molecule has 1 aliphatic heterocycles. The maximum Gasteiger partial charge on any atom is 0.246 e. The largest absolute Gasteiger partial charge is 0.382 e. The van der Waals surface area contributed by atoms with E-state index in [0.717, 1.165) is 17.7 Å². The van der Waals surface area contributed by atoms with Crippen molar-refractivity contribution < 1.29 is 13.6 Å². The Balaban J connectivity index is 2.60. The molecule has 0 aliphatic carbocycles. The molecule has 156 valence electrons. The van der Waals surface area contributed by atoms with Gasteiger partial charge in [0.15, 0.2) is 0 Å². The number of hydrogen-bond donors (Lipinski definition) is 3. The summed E-state index contributed by atoms with van der Waals surface area (Å²) in [4.78, 5) is 15.9. The number of nitrogens with zero attached hydrogens (tertiary/aromatic N) is 1. The standard InChI is InChI=1S/C22H28F2N4O/c1-6-13(4)27-17-10-12(3)8-9-15(17)20(25)14(5)19-16(21(23)24)11-18(29)28-22(19)26-7-2/h7-10,13,16,21,25,27H,2,6,11H2,1,3-5H3,(H,26,28,29)/b19-14+,25-20?. The highest BCUT2D eigenvalue weighted by atomic mass is 19.3. The van der Waals surface area contributed by atoms with Gasteiger partial charge in [0, 0.05) is 35.5 Å². The molecule has 29 heavy (non-hydrogen) atoms. The normalized spacial score (nSPS) is 21.0. The molecule has 1 aliphatic rings. The molecule has 0 aromatic heterocycles. The van der Waals surface area contributed by atoms with Gasteiger partial charge in [0.25, 0.3) is 0 Å². The lowest BCUT2D eigenvalue weighted by atomic mass is 9.84. The molecule has 1 amide bonds. The van der Waals surface area contributed by atoms with Crippen molar-refractivity contribution in [2.75, 3.05) is 5.32 Å². The summed E-state index contributed by atoms with van der Waals surface area (Å²) in [5.41, 5.74) is 3.07. The average Bonchev–Trinajstić information content (AvgIpc) is 2.66. The van der Waals surface area contributed by atoms with Crippen molar-refractivity contribution in [1.82, 2.24) is 5.32 Å². The molecular weight excluding hydrogens is 374 g/mol. The second-order valence-electron chi connectivity index (χ2n) is 7.27. The van der Waals surface area contributed by atoms with Gasteiger partial charge in [0.1, 0.15) is 5.84 Å². The highest BCUT2D eigenvalue weighted by Crippen LogP contribution is 2.32. The summed E-state index contributed by atoms with van der Waals surface area (Å²) >= 11 is 0. The van der Waals surface area contributed by atoms with Crippen LogP contribution in [0.15, 0.2) is 47.1 Å². The van der Waals surface area contributed by atoms with E-state index < -0.39 is 18.3 Å². The SMILES string of the molecule is C=CN=C1NC(=O)CC(C(F)F)/C1=C(/C)C(=N)c1ccc(C)cc1NC(C)CC. The molecule has 1 aromatic rings. The third kappa shape index (κ3) is 5.16. The average molecular weight is 402 g/mol. The smallest absolute Gasteiger partial charge is 0.246 e. The van der Waals surface area contributed by atoms with Crippen molar-refractivity contribution in [3.63, 3.8) is 0 Å². The van der Waals surface area contributed by atoms with Gasteiger partial charge in [-0.15, -0.1) is 0 Å². The van der Waals surface area contributed by atoms with Crippen LogP contribution in [-0.2, 0) is 4.79 Å². The van der Waals surface area contributed by atoms with E-state index in [4.69, 9.17) is 5.41 Å². The van der Waals surface area contributed by atoms with Crippen molar-refractivity contribution in [2.24, 2.45) is 10.9 Å². The Bertz CT molecular complexity index is 874. The summed E-state index contributed by atoms with van der Waals surface area (Å²) in [5, 5.41) is 14.7. The molecule has 1 heterocycles. The van der Waals surface area contributed by atoms with E-state index in [2.05, 4.69) is 29.1 Å². The van der Waals surface area contributed by atoms with Gasteiger partial charge in [-0.05, 0) is 44.4 Å². The lowest BCUT2D eigenvalue weighted by molar-refractivity contribution is -0.122. The van der Waals surface area contributed by atoms with Crippen LogP contribution < -0.4 is 10.6 Å². The number of amides is 1. The van der Waals surface area contributed by atoms with E-state index in [0.29, 0.717) is 11.1 Å². The number of amidine groups is 1. The Morgan fingerprint density at radius 2 is 2.17 bits per heavy atom. The van der Waals surface area contributed by atoms with E-state index in [-0.39, 0.29) is 29.6 Å². The van der Waals surface area contributed by atoms with Crippen molar-refractivity contribution in [1.29, 1.82) is 5.41 Å². The van der Waals surface area contributed by atoms with E-state index >= 15 is 0 Å². The first-order chi connectivity index (χ1) is 13.7. The summed E-state index contributed by atoms with van der Waals surface area (Å²) in [7, 11) is 0. The van der Waals surface area contributed by atoms with Gasteiger partial charge in [-0.3, -0.25) is 10.2 Å². The summed E-state index contributed by atoms with van der Waals surface area (Å²) < 4.78 is 27.5. The van der Waals surface area contributed by atoms with Gasteiger partial charge >= 0.3 is 0 Å². The van der Waals surface area contributed by atoms with Crippen molar-refractivity contribution >= 4 is 23.1 Å². The van der Waals surface area contributed by atoms with Crippen LogP contribution in [0.2, 0.25) is 0 Å². The first-order valence-corrected chi connectivity index (χ1v) is 9.63. The van der Waals surface area contributed by atoms with Crippen molar-refractivity contribution in [3.05, 3.63) is 53.3 Å². The number of piperidine rings is 1. The molecule has 5 nitrogen and oxygen atoms in total. The van der Waals surface area contributed by atoms with Gasteiger partial charge in [0.2, 0.25) is 12.3 Å². The lowest BCUT2D eigenvalue weighted by Gasteiger charge is -2.28. The maximum absolute atomic E-state index is 13.8. The number of carbonyl (C=O) groups excluding carboxylic acids is 1. The fraction of sp³-hybridized carbons (Fsp3) is 0.409. The monoisotopic (exact) mass is 402 g/mol. The van der Waals surface area contributed by atoms with E-state index in [1.807, 2.05) is 32.0 Å². The topological polar surface area (TPSA) is 77.3 Å². The second-order valence-corrected chi connectivity index (χ2v) is 7.27. The Hall–Kier alpha value is -2.83. The number of hydrogen-bond acceptors (Lipinski definition) is 4. The van der Waals surface area contributed by atoms with Crippen LogP contribution in [0.1, 0.15) is 44.7 Å². The zero-order valence-corrected chi connectivity index (χ0v) is 17.3. The lowest BCUT2D eigenvalue weighted by Crippen LogP contribution is -2.44. The van der Waals surface area contributed by atoms with Crippen LogP contribution in [0, 0.1) is 18.3 Å². The van der Waals surface area contributed by atoms with Crippen LogP contribution >= 0.6 is 0 Å². The van der Waals surface area contributed by atoms with Crippen LogP contribution in [0.3, 0.4) is 0 Å². The first kappa shape index (κ1) is 22.5. The molecule has 1 saturated heterocycles. The van der Waals surface area contributed by atoms with E-state index in [1.165, 1.54) is 6.20 Å². The molecule has 7 heteroatoms. The summed E-state index contributed by atoms with van der Waals surface area (Å²) in [6.45, 7) is 11.2. The van der Waals surface area contributed by atoms with Gasteiger partial charge in [0.05, 0.1) is 11.6 Å². The van der Waals surface area contributed by atoms with Crippen molar-refractivity contribution in [3.8, 4) is 0 Å². The highest BCUT2D eigenvalue weighted by Gasteiger charge is 2.37. The molecule has 3 N–H and O–H groups in total. The van der Waals surface area contributed by atoms with Gasteiger partial charge in [-0.2, -0.15) is 0 Å². The Labute approximate surface area is 170 Å². The summed E-state index contributed by atoms with van der Waals surface area (Å²) in [6.07, 6.45) is -0.998. The van der Waals surface area contributed by atoms with Gasteiger partial charge in [-0.25, -0.2) is 13.8 Å². The molecule has 2 rings (SSSR count). The third-order valence-corrected chi connectivity index (χ3v) is 5.05. The van der Waals surface area contributed by atoms with Crippen LogP contribution in [0.4, 0.5) is 14.5 Å². The number of anilines is 1. The van der Waals surface area contributed by atoms with E-state index in [9.17, 15) is 13.6 Å². The molecule has 0 spiro atoms. The highest BCUT2D eigenvalue weighted by molar-refractivity contribution is 6.20. The summed E-state index contributed by atoms with van der Waals surface area (Å²) in [6, 6.07) is 5.84. The quantitative estimate of drug-likeness (QED) is 0.571. The Morgan fingerprint density at radius 1 is 1.48 bits per heavy atom. The minimum atomic E-state index is -2.75. The van der Waals surface area contributed by atoms with Crippen molar-refractivity contribution in [2.45, 2.75) is 53.0 Å². The fourth-order valence-corrected chi connectivity index (χ4v) is 3.29. The Morgan fingerprint density at radius 3 is 2.76 bits per heavy atom. The zero-order chi connectivity index (χ0) is 21.7. The number of aliphatic imine (C=N–C) groups is 1. The second kappa shape index (κ2) is 9.58. The molecule has 0 radical (unpaired) electrons. The maximum atomic E-state index is 13.8. The molecular formula is C22H28F2N4O. The first-order valence-electron chi connectivity index (χ1n) is 9.63. The fourth-order valence-electron chi connectivity index (χ4n) is 3.29. The number of rotatable bonds is 7.